The molecule has 9 aromatic carbocycles. The molecule has 0 radical (unpaired) electrons. The van der Waals surface area contributed by atoms with Crippen molar-refractivity contribution >= 4 is 38.9 Å². The topological polar surface area (TPSA) is 8.17 Å². The zero-order chi connectivity index (χ0) is 39.5. The smallest absolute Gasteiger partial charge is 0.0541 e. The fourth-order valence-corrected chi connectivity index (χ4v) is 9.55. The lowest BCUT2D eigenvalue weighted by molar-refractivity contribution is 0.660. The van der Waals surface area contributed by atoms with Crippen LogP contribution < -0.4 is 4.90 Å². The predicted octanol–water partition coefficient (Wildman–Crippen LogP) is 15.6. The molecule has 0 saturated heterocycles. The lowest BCUT2D eigenvalue weighted by Crippen LogP contribution is -2.16. The molecule has 1 aromatic heterocycles. The van der Waals surface area contributed by atoms with Gasteiger partial charge in [-0.25, -0.2) is 0 Å². The van der Waals surface area contributed by atoms with E-state index in [1.54, 1.807) is 0 Å². The molecule has 0 fully saturated rings. The van der Waals surface area contributed by atoms with E-state index >= 15 is 0 Å². The predicted molar refractivity (Wildman–Crippen MR) is 249 cm³/mol. The molecule has 11 rings (SSSR count). The summed E-state index contributed by atoms with van der Waals surface area (Å²) in [6.07, 6.45) is 0. The van der Waals surface area contributed by atoms with Crippen LogP contribution in [0.25, 0.3) is 72.0 Å². The van der Waals surface area contributed by atoms with Gasteiger partial charge in [0, 0.05) is 38.8 Å². The number of hydrogen-bond donors (Lipinski definition) is 0. The van der Waals surface area contributed by atoms with Crippen molar-refractivity contribution in [1.29, 1.82) is 0 Å². The second-order valence-electron chi connectivity index (χ2n) is 16.1. The number of anilines is 3. The van der Waals surface area contributed by atoms with Crippen molar-refractivity contribution in [2.45, 2.75) is 19.3 Å². The number of hydrogen-bond acceptors (Lipinski definition) is 1. The molecule has 0 amide bonds. The Morgan fingerprint density at radius 3 is 1.49 bits per heavy atom. The minimum Gasteiger partial charge on any atom is -0.310 e. The Bertz CT molecular complexity index is 3120. The third-order valence-corrected chi connectivity index (χ3v) is 12.4. The average Bonchev–Trinajstić information content (AvgIpc) is 3.75. The van der Waals surface area contributed by atoms with E-state index in [0.717, 1.165) is 17.1 Å². The van der Waals surface area contributed by atoms with Crippen LogP contribution in [0, 0.1) is 0 Å². The molecule has 2 nitrogen and oxygen atoms in total. The van der Waals surface area contributed by atoms with Crippen molar-refractivity contribution in [2.24, 2.45) is 0 Å². The zero-order valence-corrected chi connectivity index (χ0v) is 33.2. The highest BCUT2D eigenvalue weighted by Crippen LogP contribution is 2.51. The van der Waals surface area contributed by atoms with Crippen LogP contribution in [0.15, 0.2) is 218 Å². The molecule has 0 aliphatic heterocycles. The van der Waals surface area contributed by atoms with Crippen molar-refractivity contribution in [3.05, 3.63) is 230 Å². The lowest BCUT2D eigenvalue weighted by Gasteiger charge is -2.28. The van der Waals surface area contributed by atoms with Gasteiger partial charge in [-0.15, -0.1) is 0 Å². The molecule has 1 aliphatic rings. The van der Waals surface area contributed by atoms with Gasteiger partial charge in [0.25, 0.3) is 0 Å². The van der Waals surface area contributed by atoms with E-state index in [4.69, 9.17) is 0 Å². The largest absolute Gasteiger partial charge is 0.310 e. The van der Waals surface area contributed by atoms with Gasteiger partial charge in [0.15, 0.2) is 0 Å². The molecule has 1 aliphatic carbocycles. The van der Waals surface area contributed by atoms with Gasteiger partial charge < -0.3 is 9.47 Å². The van der Waals surface area contributed by atoms with Crippen LogP contribution in [0.1, 0.15) is 25.0 Å². The van der Waals surface area contributed by atoms with Crippen molar-refractivity contribution in [2.75, 3.05) is 4.90 Å². The quantitative estimate of drug-likeness (QED) is 0.157. The summed E-state index contributed by atoms with van der Waals surface area (Å²) in [5, 5.41) is 2.52. The maximum atomic E-state index is 2.43. The van der Waals surface area contributed by atoms with Crippen LogP contribution in [0.2, 0.25) is 0 Å². The first-order valence-electron chi connectivity index (χ1n) is 20.5. The third-order valence-electron chi connectivity index (χ3n) is 12.4. The second-order valence-corrected chi connectivity index (χ2v) is 16.1. The molecule has 0 bridgehead atoms. The maximum absolute atomic E-state index is 2.43. The monoisotopic (exact) mass is 754 g/mol. The van der Waals surface area contributed by atoms with Gasteiger partial charge in [-0.3, -0.25) is 0 Å². The van der Waals surface area contributed by atoms with E-state index in [1.807, 2.05) is 0 Å². The third kappa shape index (κ3) is 5.71. The zero-order valence-electron chi connectivity index (χ0n) is 33.2. The van der Waals surface area contributed by atoms with Crippen LogP contribution >= 0.6 is 0 Å². The first-order valence-corrected chi connectivity index (χ1v) is 20.5. The van der Waals surface area contributed by atoms with Gasteiger partial charge in [0.05, 0.1) is 16.7 Å². The van der Waals surface area contributed by atoms with Crippen LogP contribution in [-0.2, 0) is 5.41 Å². The molecule has 0 spiro atoms. The Kier molecular flexibility index (Phi) is 8.20. The summed E-state index contributed by atoms with van der Waals surface area (Å²) in [6.45, 7) is 4.71. The summed E-state index contributed by atoms with van der Waals surface area (Å²) >= 11 is 0. The molecule has 2 heteroatoms. The SMILES string of the molecule is CC1(C)c2ccccc2-c2ccc(N(c3ccc(-c4ccccc4)cc3)c3ccc(-c4ccccc4-c4ccccc4-n4c5ccccc5c5ccccc54)cc3)cc21. The molecule has 10 aromatic rings. The fourth-order valence-electron chi connectivity index (χ4n) is 9.55. The summed E-state index contributed by atoms with van der Waals surface area (Å²) in [5.41, 5.74) is 19.4. The van der Waals surface area contributed by atoms with Crippen molar-refractivity contribution < 1.29 is 0 Å². The summed E-state index contributed by atoms with van der Waals surface area (Å²) in [6, 6.07) is 79.8. The van der Waals surface area contributed by atoms with E-state index in [9.17, 15) is 0 Å². The van der Waals surface area contributed by atoms with Crippen molar-refractivity contribution in [3.8, 4) is 50.2 Å². The Hall–Kier alpha value is -7.42. The van der Waals surface area contributed by atoms with Gasteiger partial charge in [0.2, 0.25) is 0 Å². The normalized spacial score (nSPS) is 12.7. The molecule has 0 N–H and O–H groups in total. The fraction of sp³-hybridized carbons (Fsp3) is 0.0526. The lowest BCUT2D eigenvalue weighted by atomic mass is 9.82. The van der Waals surface area contributed by atoms with Gasteiger partial charge in [-0.2, -0.15) is 0 Å². The van der Waals surface area contributed by atoms with Crippen molar-refractivity contribution in [1.82, 2.24) is 4.57 Å². The van der Waals surface area contributed by atoms with Crippen LogP contribution in [-0.4, -0.2) is 4.57 Å². The summed E-state index contributed by atoms with van der Waals surface area (Å²) in [4.78, 5) is 2.40. The molecule has 0 unspecified atom stereocenters. The molecule has 280 valence electrons. The number of para-hydroxylation sites is 3. The highest BCUT2D eigenvalue weighted by molar-refractivity contribution is 6.10. The van der Waals surface area contributed by atoms with E-state index in [-0.39, 0.29) is 5.41 Å². The van der Waals surface area contributed by atoms with Gasteiger partial charge in [0.1, 0.15) is 0 Å². The van der Waals surface area contributed by atoms with Crippen LogP contribution in [0.3, 0.4) is 0 Å². The molecular weight excluding hydrogens is 713 g/mol. The second kappa shape index (κ2) is 13.9. The van der Waals surface area contributed by atoms with E-state index < -0.39 is 0 Å². The minimum atomic E-state index is -0.103. The molecule has 59 heavy (non-hydrogen) atoms. The summed E-state index contributed by atoms with van der Waals surface area (Å²) in [5.74, 6) is 0. The number of rotatable bonds is 7. The number of benzene rings is 9. The van der Waals surface area contributed by atoms with E-state index in [1.165, 1.54) is 83.1 Å². The Labute approximate surface area is 345 Å². The van der Waals surface area contributed by atoms with E-state index in [0.29, 0.717) is 0 Å². The van der Waals surface area contributed by atoms with Crippen LogP contribution in [0.4, 0.5) is 17.1 Å². The summed E-state index contributed by atoms with van der Waals surface area (Å²) in [7, 11) is 0. The van der Waals surface area contributed by atoms with Crippen molar-refractivity contribution in [3.63, 3.8) is 0 Å². The Morgan fingerprint density at radius 1 is 0.339 bits per heavy atom. The Balaban J connectivity index is 1.02. The minimum absolute atomic E-state index is 0.103. The Morgan fingerprint density at radius 2 is 0.814 bits per heavy atom. The highest BCUT2D eigenvalue weighted by Gasteiger charge is 2.35. The maximum Gasteiger partial charge on any atom is 0.0541 e. The number of nitrogens with zero attached hydrogens (tertiary/aromatic N) is 2. The van der Waals surface area contributed by atoms with E-state index in [2.05, 4.69) is 242 Å². The first-order chi connectivity index (χ1) is 29.0. The number of fused-ring (bicyclic) bond motifs is 6. The van der Waals surface area contributed by atoms with Gasteiger partial charge in [-0.1, -0.05) is 178 Å². The molecule has 0 saturated carbocycles. The molecule has 0 atom stereocenters. The van der Waals surface area contributed by atoms with Crippen LogP contribution in [0.5, 0.6) is 0 Å². The van der Waals surface area contributed by atoms with Gasteiger partial charge >= 0.3 is 0 Å². The highest BCUT2D eigenvalue weighted by atomic mass is 15.1. The average molecular weight is 755 g/mol. The molecular formula is C57H42N2. The van der Waals surface area contributed by atoms with Gasteiger partial charge in [-0.05, 0) is 105 Å². The first kappa shape index (κ1) is 34.8. The number of aromatic nitrogens is 1. The standard InChI is InChI=1S/C57H42N2/c1-57(2)52-24-12-8-20-47(52)48-37-36-44(38-53(48)57)58(42-32-28-40(29-33-42)39-16-4-3-5-17-39)43-34-30-41(31-35-43)45-18-6-7-19-46(45)49-21-9-13-25-54(49)59-55-26-14-10-22-50(55)51-23-11-15-27-56(51)59/h3-38H,1-2H3. The summed E-state index contributed by atoms with van der Waals surface area (Å²) < 4.78 is 2.43. The molecule has 1 heterocycles.